The lowest BCUT2D eigenvalue weighted by Gasteiger charge is -2.30. The third kappa shape index (κ3) is 5.11. The first-order valence-electron chi connectivity index (χ1n) is 8.70. The van der Waals surface area contributed by atoms with Crippen molar-refractivity contribution in [1.29, 1.82) is 0 Å². The lowest BCUT2D eigenvalue weighted by Crippen LogP contribution is -2.42. The van der Waals surface area contributed by atoms with Crippen molar-refractivity contribution in [2.45, 2.75) is 17.7 Å². The number of piperidine rings is 1. The summed E-state index contributed by atoms with van der Waals surface area (Å²) in [5, 5.41) is 5.02. The smallest absolute Gasteiger partial charge is 0.243 e. The molecule has 1 aliphatic rings. The molecule has 1 amide bonds. The van der Waals surface area contributed by atoms with Gasteiger partial charge in [-0.3, -0.25) is 4.79 Å². The van der Waals surface area contributed by atoms with E-state index in [0.717, 1.165) is 5.56 Å². The van der Waals surface area contributed by atoms with E-state index in [-0.39, 0.29) is 29.8 Å². The second-order valence-corrected chi connectivity index (χ2v) is 9.23. The molecule has 9 heteroatoms. The van der Waals surface area contributed by atoms with Crippen LogP contribution in [0.4, 0.5) is 0 Å². The second-order valence-electron chi connectivity index (χ2n) is 6.42. The van der Waals surface area contributed by atoms with Crippen molar-refractivity contribution in [2.75, 3.05) is 13.1 Å². The predicted octanol–water partition coefficient (Wildman–Crippen LogP) is 3.54. The van der Waals surface area contributed by atoms with Gasteiger partial charge in [-0.25, -0.2) is 13.8 Å². The predicted molar refractivity (Wildman–Crippen MR) is 110 cm³/mol. The summed E-state index contributed by atoms with van der Waals surface area (Å²) in [5.41, 5.74) is 3.29. The number of hydrogen-bond acceptors (Lipinski definition) is 4. The maximum absolute atomic E-state index is 12.7. The van der Waals surface area contributed by atoms with Crippen molar-refractivity contribution in [3.63, 3.8) is 0 Å². The standard InChI is InChI=1S/C19H19Cl2N3O3S/c20-16-4-6-18(7-5-16)28(26,27)24-10-8-15(9-11-24)19(25)23-22-13-14-2-1-3-17(21)12-14/h1-7,12-13,15H,8-11H2,(H,23,25)/b22-13-. The number of nitrogens with zero attached hydrogens (tertiary/aromatic N) is 2. The van der Waals surface area contributed by atoms with E-state index in [1.807, 2.05) is 6.07 Å². The summed E-state index contributed by atoms with van der Waals surface area (Å²) in [6.07, 6.45) is 2.39. The zero-order valence-electron chi connectivity index (χ0n) is 14.9. The Morgan fingerprint density at radius 1 is 1.07 bits per heavy atom. The van der Waals surface area contributed by atoms with Crippen LogP contribution in [0.2, 0.25) is 10.0 Å². The molecule has 28 heavy (non-hydrogen) atoms. The van der Waals surface area contributed by atoms with Gasteiger partial charge in [-0.1, -0.05) is 35.3 Å². The summed E-state index contributed by atoms with van der Waals surface area (Å²) in [4.78, 5) is 12.5. The summed E-state index contributed by atoms with van der Waals surface area (Å²) < 4.78 is 26.8. The summed E-state index contributed by atoms with van der Waals surface area (Å²) in [6, 6.07) is 13.2. The van der Waals surface area contributed by atoms with Crippen molar-refractivity contribution in [3.8, 4) is 0 Å². The highest BCUT2D eigenvalue weighted by Crippen LogP contribution is 2.24. The van der Waals surface area contributed by atoms with Crippen molar-refractivity contribution in [1.82, 2.24) is 9.73 Å². The van der Waals surface area contributed by atoms with Gasteiger partial charge in [0.2, 0.25) is 15.9 Å². The van der Waals surface area contributed by atoms with Crippen LogP contribution in [0.15, 0.2) is 58.5 Å². The second kappa shape index (κ2) is 9.05. The van der Waals surface area contributed by atoms with Crippen LogP contribution in [-0.2, 0) is 14.8 Å². The largest absolute Gasteiger partial charge is 0.273 e. The highest BCUT2D eigenvalue weighted by molar-refractivity contribution is 7.89. The average Bonchev–Trinajstić information content (AvgIpc) is 2.68. The maximum Gasteiger partial charge on any atom is 0.243 e. The maximum atomic E-state index is 12.7. The Balaban J connectivity index is 1.54. The Kier molecular flexibility index (Phi) is 6.72. The number of rotatable bonds is 5. The lowest BCUT2D eigenvalue weighted by molar-refractivity contribution is -0.126. The molecule has 1 aliphatic heterocycles. The minimum atomic E-state index is -3.58. The molecule has 148 valence electrons. The number of sulfonamides is 1. The van der Waals surface area contributed by atoms with Crippen LogP contribution in [0.25, 0.3) is 0 Å². The minimum Gasteiger partial charge on any atom is -0.273 e. The van der Waals surface area contributed by atoms with Crippen LogP contribution in [0, 0.1) is 5.92 Å². The monoisotopic (exact) mass is 439 g/mol. The van der Waals surface area contributed by atoms with E-state index in [1.54, 1.807) is 30.3 Å². The van der Waals surface area contributed by atoms with E-state index in [9.17, 15) is 13.2 Å². The molecule has 3 rings (SSSR count). The van der Waals surface area contributed by atoms with Crippen molar-refractivity contribution < 1.29 is 13.2 Å². The van der Waals surface area contributed by atoms with Gasteiger partial charge in [-0.05, 0) is 54.8 Å². The van der Waals surface area contributed by atoms with Gasteiger partial charge in [-0.2, -0.15) is 9.41 Å². The molecule has 0 atom stereocenters. The first-order valence-corrected chi connectivity index (χ1v) is 10.9. The number of carbonyl (C=O) groups is 1. The summed E-state index contributed by atoms with van der Waals surface area (Å²) >= 11 is 11.7. The Morgan fingerprint density at radius 2 is 1.75 bits per heavy atom. The van der Waals surface area contributed by atoms with Gasteiger partial charge < -0.3 is 0 Å². The molecule has 0 bridgehead atoms. The van der Waals surface area contributed by atoms with E-state index >= 15 is 0 Å². The van der Waals surface area contributed by atoms with Crippen molar-refractivity contribution >= 4 is 45.3 Å². The van der Waals surface area contributed by atoms with Gasteiger partial charge in [-0.15, -0.1) is 0 Å². The molecule has 1 fully saturated rings. The first-order chi connectivity index (χ1) is 13.4. The first kappa shape index (κ1) is 20.8. The molecule has 0 saturated carbocycles. The number of halogens is 2. The highest BCUT2D eigenvalue weighted by Gasteiger charge is 2.32. The Morgan fingerprint density at radius 3 is 2.39 bits per heavy atom. The van der Waals surface area contributed by atoms with Gasteiger partial charge in [0.25, 0.3) is 0 Å². The highest BCUT2D eigenvalue weighted by atomic mass is 35.5. The zero-order valence-corrected chi connectivity index (χ0v) is 17.2. The molecule has 1 saturated heterocycles. The SMILES string of the molecule is O=C(N/N=C\c1cccc(Cl)c1)C1CCN(S(=O)(=O)c2ccc(Cl)cc2)CC1. The number of hydrazone groups is 1. The quantitative estimate of drug-likeness (QED) is 0.571. The van der Waals surface area contributed by atoms with Gasteiger partial charge in [0.05, 0.1) is 11.1 Å². The van der Waals surface area contributed by atoms with Crippen LogP contribution in [0.5, 0.6) is 0 Å². The molecule has 0 aromatic heterocycles. The molecule has 1 N–H and O–H groups in total. The molecule has 0 spiro atoms. The Hall–Kier alpha value is -1.93. The molecule has 0 radical (unpaired) electrons. The third-order valence-corrected chi connectivity index (χ3v) is 6.91. The molecule has 0 unspecified atom stereocenters. The van der Waals surface area contributed by atoms with Crippen LogP contribution in [0.1, 0.15) is 18.4 Å². The molecule has 0 aliphatic carbocycles. The van der Waals surface area contributed by atoms with Gasteiger partial charge in [0.1, 0.15) is 0 Å². The number of carbonyl (C=O) groups excluding carboxylic acids is 1. The van der Waals surface area contributed by atoms with Gasteiger partial charge >= 0.3 is 0 Å². The fourth-order valence-electron chi connectivity index (χ4n) is 2.96. The summed E-state index contributed by atoms with van der Waals surface area (Å²) in [6.45, 7) is 0.558. The molecular weight excluding hydrogens is 421 g/mol. The molecule has 2 aromatic carbocycles. The van der Waals surface area contributed by atoms with Gasteiger partial charge in [0.15, 0.2) is 0 Å². The van der Waals surface area contributed by atoms with Crippen LogP contribution in [-0.4, -0.2) is 37.9 Å². The average molecular weight is 440 g/mol. The Bertz CT molecular complexity index is 970. The van der Waals surface area contributed by atoms with Crippen molar-refractivity contribution in [2.24, 2.45) is 11.0 Å². The van der Waals surface area contributed by atoms with E-state index in [0.29, 0.717) is 22.9 Å². The van der Waals surface area contributed by atoms with E-state index in [4.69, 9.17) is 23.2 Å². The lowest BCUT2D eigenvalue weighted by atomic mass is 9.98. The molecular formula is C19H19Cl2N3O3S. The van der Waals surface area contributed by atoms with Crippen LogP contribution < -0.4 is 5.43 Å². The Labute approximate surface area is 174 Å². The minimum absolute atomic E-state index is 0.200. The molecule has 2 aromatic rings. The number of nitrogens with one attached hydrogen (secondary N) is 1. The van der Waals surface area contributed by atoms with E-state index in [2.05, 4.69) is 10.5 Å². The number of hydrogen-bond donors (Lipinski definition) is 1. The van der Waals surface area contributed by atoms with E-state index in [1.165, 1.54) is 22.7 Å². The fourth-order valence-corrected chi connectivity index (χ4v) is 4.76. The fraction of sp³-hybridized carbons (Fsp3) is 0.263. The normalized spacial score (nSPS) is 16.4. The number of amides is 1. The zero-order chi connectivity index (χ0) is 20.1. The topological polar surface area (TPSA) is 78.8 Å². The van der Waals surface area contributed by atoms with Gasteiger partial charge in [0, 0.05) is 29.1 Å². The van der Waals surface area contributed by atoms with Crippen LogP contribution >= 0.6 is 23.2 Å². The van der Waals surface area contributed by atoms with Crippen molar-refractivity contribution in [3.05, 3.63) is 64.1 Å². The van der Waals surface area contributed by atoms with Crippen LogP contribution in [0.3, 0.4) is 0 Å². The third-order valence-electron chi connectivity index (χ3n) is 4.51. The molecule has 6 nitrogen and oxygen atoms in total. The van der Waals surface area contributed by atoms with E-state index < -0.39 is 10.0 Å². The molecule has 1 heterocycles. The number of benzene rings is 2. The summed E-state index contributed by atoms with van der Waals surface area (Å²) in [7, 11) is -3.58. The summed E-state index contributed by atoms with van der Waals surface area (Å²) in [5.74, 6) is -0.505.